The van der Waals surface area contributed by atoms with Crippen LogP contribution in [-0.2, 0) is 4.74 Å². The first-order valence-electron chi connectivity index (χ1n) is 5.05. The standard InChI is InChI=1S/C11H11NO6/c1-6(2)18-11(15)8-4-3-7(12(16)17)5-9(8)10(13)14/h3-6H,1-2H3,(H,13,14). The van der Waals surface area contributed by atoms with Gasteiger partial charge in [-0.2, -0.15) is 0 Å². The van der Waals surface area contributed by atoms with Gasteiger partial charge in [0.15, 0.2) is 0 Å². The number of nitro benzene ring substituents is 1. The summed E-state index contributed by atoms with van der Waals surface area (Å²) in [7, 11) is 0. The van der Waals surface area contributed by atoms with E-state index >= 15 is 0 Å². The van der Waals surface area contributed by atoms with E-state index in [1.807, 2.05) is 0 Å². The van der Waals surface area contributed by atoms with Gasteiger partial charge < -0.3 is 9.84 Å². The molecule has 7 nitrogen and oxygen atoms in total. The summed E-state index contributed by atoms with van der Waals surface area (Å²) in [5.74, 6) is -2.24. The zero-order valence-electron chi connectivity index (χ0n) is 9.75. The molecule has 0 saturated carbocycles. The molecule has 7 heteroatoms. The number of carboxylic acids is 1. The number of aromatic carboxylic acids is 1. The first kappa shape index (κ1) is 13.6. The minimum Gasteiger partial charge on any atom is -0.478 e. The Morgan fingerprint density at radius 2 is 1.94 bits per heavy atom. The van der Waals surface area contributed by atoms with Crippen molar-refractivity contribution in [3.8, 4) is 0 Å². The number of ether oxygens (including phenoxy) is 1. The van der Waals surface area contributed by atoms with Crippen LogP contribution in [0.2, 0.25) is 0 Å². The van der Waals surface area contributed by atoms with E-state index in [4.69, 9.17) is 9.84 Å². The van der Waals surface area contributed by atoms with Crippen molar-refractivity contribution in [2.75, 3.05) is 0 Å². The van der Waals surface area contributed by atoms with Gasteiger partial charge in [0.05, 0.1) is 22.2 Å². The zero-order valence-corrected chi connectivity index (χ0v) is 9.75. The Balaban J connectivity index is 3.23. The number of nitro groups is 1. The van der Waals surface area contributed by atoms with Crippen molar-refractivity contribution in [2.45, 2.75) is 20.0 Å². The van der Waals surface area contributed by atoms with Crippen LogP contribution < -0.4 is 0 Å². The summed E-state index contributed by atoms with van der Waals surface area (Å²) in [5, 5.41) is 19.5. The number of non-ortho nitro benzene ring substituents is 1. The number of hydrogen-bond donors (Lipinski definition) is 1. The molecule has 0 aliphatic heterocycles. The monoisotopic (exact) mass is 253 g/mol. The van der Waals surface area contributed by atoms with E-state index in [1.54, 1.807) is 13.8 Å². The van der Waals surface area contributed by atoms with E-state index in [0.29, 0.717) is 0 Å². The average molecular weight is 253 g/mol. The molecule has 0 bridgehead atoms. The first-order valence-corrected chi connectivity index (χ1v) is 5.05. The number of carboxylic acid groups (broad SMARTS) is 1. The number of carbonyl (C=O) groups excluding carboxylic acids is 1. The van der Waals surface area contributed by atoms with Crippen LogP contribution in [0.25, 0.3) is 0 Å². The smallest absolute Gasteiger partial charge is 0.339 e. The second-order valence-electron chi connectivity index (χ2n) is 3.75. The van der Waals surface area contributed by atoms with Crippen LogP contribution in [0.1, 0.15) is 34.6 Å². The Hall–Kier alpha value is -2.44. The van der Waals surface area contributed by atoms with Crippen LogP contribution in [-0.4, -0.2) is 28.1 Å². The number of carbonyl (C=O) groups is 2. The van der Waals surface area contributed by atoms with Crippen LogP contribution in [0.5, 0.6) is 0 Å². The molecule has 0 aliphatic rings. The van der Waals surface area contributed by atoms with E-state index in [0.717, 1.165) is 18.2 Å². The summed E-state index contributed by atoms with van der Waals surface area (Å²) in [5.41, 5.74) is -1.05. The Morgan fingerprint density at radius 3 is 2.39 bits per heavy atom. The van der Waals surface area contributed by atoms with E-state index in [9.17, 15) is 19.7 Å². The van der Waals surface area contributed by atoms with Gasteiger partial charge in [-0.15, -0.1) is 0 Å². The molecule has 0 unspecified atom stereocenters. The minimum absolute atomic E-state index is 0.207. The highest BCUT2D eigenvalue weighted by Crippen LogP contribution is 2.19. The molecule has 1 rings (SSSR count). The van der Waals surface area contributed by atoms with Crippen molar-refractivity contribution < 1.29 is 24.4 Å². The Labute approximate surface area is 102 Å². The fourth-order valence-electron chi connectivity index (χ4n) is 1.28. The summed E-state index contributed by atoms with van der Waals surface area (Å²) in [6.07, 6.45) is -0.408. The number of nitrogens with zero attached hydrogens (tertiary/aromatic N) is 1. The number of rotatable bonds is 4. The van der Waals surface area contributed by atoms with Crippen LogP contribution in [0.4, 0.5) is 5.69 Å². The number of hydrogen-bond acceptors (Lipinski definition) is 5. The molecule has 1 aromatic rings. The Morgan fingerprint density at radius 1 is 1.33 bits per heavy atom. The molecule has 0 heterocycles. The summed E-state index contributed by atoms with van der Waals surface area (Å²) in [6, 6.07) is 2.97. The van der Waals surface area contributed by atoms with E-state index in [1.165, 1.54) is 0 Å². The molecule has 0 radical (unpaired) electrons. The van der Waals surface area contributed by atoms with Gasteiger partial charge in [-0.05, 0) is 19.9 Å². The highest BCUT2D eigenvalue weighted by atomic mass is 16.6. The molecule has 0 atom stereocenters. The van der Waals surface area contributed by atoms with Crippen LogP contribution in [0, 0.1) is 10.1 Å². The first-order chi connectivity index (χ1) is 8.32. The molecule has 96 valence electrons. The Kier molecular flexibility index (Phi) is 3.98. The third-order valence-corrected chi connectivity index (χ3v) is 2.01. The fourth-order valence-corrected chi connectivity index (χ4v) is 1.28. The molecule has 0 aromatic heterocycles. The number of esters is 1. The summed E-state index contributed by atoms with van der Waals surface area (Å²) >= 11 is 0. The van der Waals surface area contributed by atoms with Crippen molar-refractivity contribution in [3.63, 3.8) is 0 Å². The largest absolute Gasteiger partial charge is 0.478 e. The SMILES string of the molecule is CC(C)OC(=O)c1ccc([N+](=O)[O-])cc1C(=O)O. The lowest BCUT2D eigenvalue weighted by Gasteiger charge is -2.09. The second kappa shape index (κ2) is 5.26. The third-order valence-electron chi connectivity index (χ3n) is 2.01. The van der Waals surface area contributed by atoms with Gasteiger partial charge in [0.1, 0.15) is 0 Å². The van der Waals surface area contributed by atoms with Gasteiger partial charge in [0.2, 0.25) is 0 Å². The molecule has 1 aromatic carbocycles. The number of benzene rings is 1. The van der Waals surface area contributed by atoms with Gasteiger partial charge in [0, 0.05) is 12.1 Å². The maximum Gasteiger partial charge on any atom is 0.339 e. The maximum atomic E-state index is 11.6. The molecule has 0 aliphatic carbocycles. The zero-order chi connectivity index (χ0) is 13.9. The molecule has 1 N–H and O–H groups in total. The lowest BCUT2D eigenvalue weighted by Crippen LogP contribution is -2.15. The van der Waals surface area contributed by atoms with Crippen molar-refractivity contribution in [1.82, 2.24) is 0 Å². The predicted octanol–water partition coefficient (Wildman–Crippen LogP) is 1.86. The summed E-state index contributed by atoms with van der Waals surface area (Å²) in [6.45, 7) is 3.23. The average Bonchev–Trinajstić information content (AvgIpc) is 2.26. The normalized spacial score (nSPS) is 10.2. The van der Waals surface area contributed by atoms with Gasteiger partial charge in [0.25, 0.3) is 5.69 Å². The van der Waals surface area contributed by atoms with Crippen LogP contribution in [0.3, 0.4) is 0 Å². The maximum absolute atomic E-state index is 11.6. The van der Waals surface area contributed by atoms with Crippen LogP contribution in [0.15, 0.2) is 18.2 Å². The Bertz CT molecular complexity index is 508. The quantitative estimate of drug-likeness (QED) is 0.498. The van der Waals surface area contributed by atoms with Crippen LogP contribution >= 0.6 is 0 Å². The van der Waals surface area contributed by atoms with E-state index < -0.39 is 34.2 Å². The molecular formula is C11H11NO6. The van der Waals surface area contributed by atoms with Gasteiger partial charge >= 0.3 is 11.9 Å². The van der Waals surface area contributed by atoms with Crippen molar-refractivity contribution in [1.29, 1.82) is 0 Å². The summed E-state index contributed by atoms with van der Waals surface area (Å²) < 4.78 is 4.86. The highest BCUT2D eigenvalue weighted by molar-refractivity contribution is 6.03. The molecule has 18 heavy (non-hydrogen) atoms. The molecular weight excluding hydrogens is 242 g/mol. The van der Waals surface area contributed by atoms with Crippen molar-refractivity contribution >= 4 is 17.6 Å². The fraction of sp³-hybridized carbons (Fsp3) is 0.273. The predicted molar refractivity (Wildman–Crippen MR) is 60.6 cm³/mol. The van der Waals surface area contributed by atoms with Crippen molar-refractivity contribution in [2.24, 2.45) is 0 Å². The van der Waals surface area contributed by atoms with E-state index in [2.05, 4.69) is 0 Å². The molecule has 0 saturated heterocycles. The van der Waals surface area contributed by atoms with Crippen molar-refractivity contribution in [3.05, 3.63) is 39.4 Å². The van der Waals surface area contributed by atoms with E-state index in [-0.39, 0.29) is 5.56 Å². The van der Waals surface area contributed by atoms with Gasteiger partial charge in [-0.25, -0.2) is 9.59 Å². The third kappa shape index (κ3) is 3.03. The topological polar surface area (TPSA) is 107 Å². The molecule has 0 amide bonds. The second-order valence-corrected chi connectivity index (χ2v) is 3.75. The molecule has 0 spiro atoms. The summed E-state index contributed by atoms with van der Waals surface area (Å²) in [4.78, 5) is 32.4. The highest BCUT2D eigenvalue weighted by Gasteiger charge is 2.22. The van der Waals surface area contributed by atoms with Gasteiger partial charge in [-0.3, -0.25) is 10.1 Å². The minimum atomic E-state index is -1.42. The lowest BCUT2D eigenvalue weighted by molar-refractivity contribution is -0.384. The van der Waals surface area contributed by atoms with Gasteiger partial charge in [-0.1, -0.05) is 0 Å². The lowest BCUT2D eigenvalue weighted by atomic mass is 10.1. The molecule has 0 fully saturated rings.